The van der Waals surface area contributed by atoms with Gasteiger partial charge < -0.3 is 19.7 Å². The second-order valence-electron chi connectivity index (χ2n) is 6.02. The van der Waals surface area contributed by atoms with Crippen molar-refractivity contribution in [2.75, 3.05) is 30.1 Å². The molecule has 1 fully saturated rings. The summed E-state index contributed by atoms with van der Waals surface area (Å²) < 4.78 is 10.7. The number of hydrogen-bond donors (Lipinski definition) is 1. The van der Waals surface area contributed by atoms with Crippen molar-refractivity contribution in [3.8, 4) is 11.5 Å². The summed E-state index contributed by atoms with van der Waals surface area (Å²) in [7, 11) is 0. The fourth-order valence-electron chi connectivity index (χ4n) is 3.00. The van der Waals surface area contributed by atoms with Crippen molar-refractivity contribution in [1.29, 1.82) is 0 Å². The van der Waals surface area contributed by atoms with Crippen molar-refractivity contribution in [1.82, 2.24) is 15.2 Å². The van der Waals surface area contributed by atoms with Crippen LogP contribution < -0.4 is 19.7 Å². The monoisotopic (exact) mass is 313 g/mol. The molecule has 0 amide bonds. The number of benzene rings is 1. The van der Waals surface area contributed by atoms with Gasteiger partial charge in [-0.1, -0.05) is 6.92 Å². The number of aromatic nitrogens is 3. The van der Waals surface area contributed by atoms with Gasteiger partial charge in [-0.2, -0.15) is 10.1 Å². The quantitative estimate of drug-likeness (QED) is 0.933. The molecular formula is C16H19N5O2. The lowest BCUT2D eigenvalue weighted by atomic mass is 10.0. The maximum Gasteiger partial charge on any atom is 0.249 e. The zero-order chi connectivity index (χ0) is 15.6. The first kappa shape index (κ1) is 14.0. The van der Waals surface area contributed by atoms with Crippen molar-refractivity contribution >= 4 is 17.5 Å². The molecule has 0 radical (unpaired) electrons. The minimum atomic E-state index is 0.263. The van der Waals surface area contributed by atoms with Crippen LogP contribution >= 0.6 is 0 Å². The molecule has 1 aromatic heterocycles. The highest BCUT2D eigenvalue weighted by molar-refractivity contribution is 5.60. The molecule has 4 rings (SSSR count). The fourth-order valence-corrected chi connectivity index (χ4v) is 3.00. The van der Waals surface area contributed by atoms with Crippen LogP contribution in [0.4, 0.5) is 17.5 Å². The highest BCUT2D eigenvalue weighted by atomic mass is 16.7. The van der Waals surface area contributed by atoms with Crippen LogP contribution in [0, 0.1) is 5.92 Å². The summed E-state index contributed by atoms with van der Waals surface area (Å²) in [5.41, 5.74) is 0.847. The Kier molecular flexibility index (Phi) is 3.61. The Morgan fingerprint density at radius 3 is 3.09 bits per heavy atom. The van der Waals surface area contributed by atoms with E-state index in [1.54, 1.807) is 6.20 Å². The molecule has 0 aliphatic carbocycles. The first-order valence-corrected chi connectivity index (χ1v) is 7.89. The number of nitrogens with one attached hydrogen (secondary N) is 1. The van der Waals surface area contributed by atoms with Gasteiger partial charge in [0, 0.05) is 24.8 Å². The number of piperidine rings is 1. The Bertz CT molecular complexity index is 709. The largest absolute Gasteiger partial charge is 0.454 e. The molecule has 7 nitrogen and oxygen atoms in total. The summed E-state index contributed by atoms with van der Waals surface area (Å²) in [6, 6.07) is 5.65. The van der Waals surface area contributed by atoms with E-state index in [1.807, 2.05) is 18.2 Å². The van der Waals surface area contributed by atoms with E-state index in [1.165, 1.54) is 12.8 Å². The standard InChI is InChI=1S/C16H19N5O2/c1-11-3-2-6-21(9-11)15-8-17-20-16(19-15)18-12-4-5-13-14(7-12)23-10-22-13/h4-5,7-8,11H,2-3,6,9-10H2,1H3,(H,18,19,20). The molecule has 23 heavy (non-hydrogen) atoms. The van der Waals surface area contributed by atoms with E-state index in [-0.39, 0.29) is 6.79 Å². The summed E-state index contributed by atoms with van der Waals surface area (Å²) >= 11 is 0. The highest BCUT2D eigenvalue weighted by Crippen LogP contribution is 2.34. The fraction of sp³-hybridized carbons (Fsp3) is 0.438. The Morgan fingerprint density at radius 2 is 2.17 bits per heavy atom. The van der Waals surface area contributed by atoms with E-state index in [9.17, 15) is 0 Å². The van der Waals surface area contributed by atoms with E-state index in [0.29, 0.717) is 11.9 Å². The minimum absolute atomic E-state index is 0.263. The molecule has 1 N–H and O–H groups in total. The molecular weight excluding hydrogens is 294 g/mol. The Balaban J connectivity index is 1.52. The average molecular weight is 313 g/mol. The van der Waals surface area contributed by atoms with Gasteiger partial charge in [-0.15, -0.1) is 5.10 Å². The number of fused-ring (bicyclic) bond motifs is 1. The second kappa shape index (κ2) is 5.91. The summed E-state index contributed by atoms with van der Waals surface area (Å²) in [4.78, 5) is 6.86. The number of ether oxygens (including phenoxy) is 2. The van der Waals surface area contributed by atoms with Crippen LogP contribution in [0.5, 0.6) is 11.5 Å². The normalized spacial score (nSPS) is 19.7. The molecule has 0 spiro atoms. The average Bonchev–Trinajstić information content (AvgIpc) is 3.03. The van der Waals surface area contributed by atoms with E-state index in [0.717, 1.165) is 36.1 Å². The van der Waals surface area contributed by atoms with Crippen molar-refractivity contribution in [3.05, 3.63) is 24.4 Å². The van der Waals surface area contributed by atoms with E-state index in [4.69, 9.17) is 9.47 Å². The summed E-state index contributed by atoms with van der Waals surface area (Å²) in [6.45, 7) is 4.57. The van der Waals surface area contributed by atoms with Crippen LogP contribution in [0.1, 0.15) is 19.8 Å². The molecule has 0 saturated carbocycles. The SMILES string of the molecule is CC1CCCN(c2cnnc(Nc3ccc4c(c3)OCO4)n2)C1. The topological polar surface area (TPSA) is 72.4 Å². The van der Waals surface area contributed by atoms with E-state index in [2.05, 4.69) is 32.3 Å². The van der Waals surface area contributed by atoms with Gasteiger partial charge in [0.2, 0.25) is 12.7 Å². The molecule has 1 unspecified atom stereocenters. The molecule has 1 atom stereocenters. The number of hydrogen-bond acceptors (Lipinski definition) is 7. The Labute approximate surface area is 134 Å². The summed E-state index contributed by atoms with van der Waals surface area (Å²) in [5, 5.41) is 11.3. The predicted molar refractivity (Wildman–Crippen MR) is 86.3 cm³/mol. The van der Waals surface area contributed by atoms with Gasteiger partial charge in [0.15, 0.2) is 17.3 Å². The molecule has 1 aromatic carbocycles. The maximum absolute atomic E-state index is 5.38. The van der Waals surface area contributed by atoms with Crippen LogP contribution in [-0.4, -0.2) is 35.1 Å². The van der Waals surface area contributed by atoms with E-state index < -0.39 is 0 Å². The van der Waals surface area contributed by atoms with Crippen LogP contribution in [0.3, 0.4) is 0 Å². The maximum atomic E-state index is 5.38. The lowest BCUT2D eigenvalue weighted by Gasteiger charge is -2.31. The Hall–Kier alpha value is -2.57. The lowest BCUT2D eigenvalue weighted by molar-refractivity contribution is 0.174. The second-order valence-corrected chi connectivity index (χ2v) is 6.02. The van der Waals surface area contributed by atoms with Gasteiger partial charge in [0.25, 0.3) is 0 Å². The van der Waals surface area contributed by atoms with Crippen LogP contribution in [0.2, 0.25) is 0 Å². The Morgan fingerprint density at radius 1 is 1.26 bits per heavy atom. The third-order valence-corrected chi connectivity index (χ3v) is 4.16. The molecule has 120 valence electrons. The molecule has 1 saturated heterocycles. The molecule has 3 heterocycles. The van der Waals surface area contributed by atoms with Crippen molar-refractivity contribution < 1.29 is 9.47 Å². The lowest BCUT2D eigenvalue weighted by Crippen LogP contribution is -2.35. The van der Waals surface area contributed by atoms with Gasteiger partial charge in [-0.3, -0.25) is 0 Å². The minimum Gasteiger partial charge on any atom is -0.454 e. The molecule has 2 aromatic rings. The van der Waals surface area contributed by atoms with Gasteiger partial charge in [0.05, 0.1) is 6.20 Å². The van der Waals surface area contributed by atoms with Crippen molar-refractivity contribution in [2.45, 2.75) is 19.8 Å². The van der Waals surface area contributed by atoms with Crippen molar-refractivity contribution in [2.24, 2.45) is 5.92 Å². The van der Waals surface area contributed by atoms with Gasteiger partial charge >= 0.3 is 0 Å². The van der Waals surface area contributed by atoms with Gasteiger partial charge in [-0.25, -0.2) is 0 Å². The first-order valence-electron chi connectivity index (χ1n) is 7.89. The number of nitrogens with zero attached hydrogens (tertiary/aromatic N) is 4. The molecule has 0 bridgehead atoms. The van der Waals surface area contributed by atoms with Crippen LogP contribution in [-0.2, 0) is 0 Å². The third-order valence-electron chi connectivity index (χ3n) is 4.16. The van der Waals surface area contributed by atoms with Crippen LogP contribution in [0.25, 0.3) is 0 Å². The van der Waals surface area contributed by atoms with Crippen LogP contribution in [0.15, 0.2) is 24.4 Å². The summed E-state index contributed by atoms with van der Waals surface area (Å²) in [5.74, 6) is 3.52. The zero-order valence-corrected chi connectivity index (χ0v) is 13.0. The first-order chi connectivity index (χ1) is 11.3. The van der Waals surface area contributed by atoms with Gasteiger partial charge in [0.1, 0.15) is 0 Å². The molecule has 7 heteroatoms. The van der Waals surface area contributed by atoms with Gasteiger partial charge in [-0.05, 0) is 30.9 Å². The highest BCUT2D eigenvalue weighted by Gasteiger charge is 2.19. The molecule has 2 aliphatic heterocycles. The predicted octanol–water partition coefficient (Wildman–Crippen LogP) is 2.58. The number of rotatable bonds is 3. The summed E-state index contributed by atoms with van der Waals surface area (Å²) in [6.07, 6.45) is 4.19. The number of anilines is 3. The smallest absolute Gasteiger partial charge is 0.249 e. The third kappa shape index (κ3) is 2.99. The van der Waals surface area contributed by atoms with Crippen molar-refractivity contribution in [3.63, 3.8) is 0 Å². The molecule has 2 aliphatic rings. The van der Waals surface area contributed by atoms with E-state index >= 15 is 0 Å². The zero-order valence-electron chi connectivity index (χ0n) is 13.0.